The van der Waals surface area contributed by atoms with Crippen LogP contribution in [0.25, 0.3) is 5.69 Å². The van der Waals surface area contributed by atoms with E-state index in [4.69, 9.17) is 4.74 Å². The summed E-state index contributed by atoms with van der Waals surface area (Å²) in [5.41, 5.74) is 3.59. The Morgan fingerprint density at radius 3 is 2.65 bits per heavy atom. The number of nitrogens with one attached hydrogen (secondary N) is 2. The number of pyridine rings is 1. The molecule has 4 rings (SSSR count). The number of hydrogen-bond donors (Lipinski definition) is 2. The van der Waals surface area contributed by atoms with Crippen LogP contribution in [0.2, 0.25) is 0 Å². The van der Waals surface area contributed by atoms with E-state index in [-0.39, 0.29) is 11.6 Å². The highest BCUT2D eigenvalue weighted by Gasteiger charge is 2.09. The predicted octanol–water partition coefficient (Wildman–Crippen LogP) is 3.38. The van der Waals surface area contributed by atoms with Crippen LogP contribution < -0.4 is 15.7 Å². The number of aromatic amines is 1. The molecular formula is C24H22N4O3. The van der Waals surface area contributed by atoms with E-state index in [0.717, 1.165) is 17.0 Å². The number of aromatic nitrogens is 3. The topological polar surface area (TPSA) is 89.0 Å². The largest absolute Gasteiger partial charge is 0.487 e. The monoisotopic (exact) mass is 414 g/mol. The summed E-state index contributed by atoms with van der Waals surface area (Å²) in [4.78, 5) is 31.3. The van der Waals surface area contributed by atoms with Crippen LogP contribution in [0.5, 0.6) is 5.75 Å². The van der Waals surface area contributed by atoms with E-state index < -0.39 is 0 Å². The zero-order chi connectivity index (χ0) is 21.6. The summed E-state index contributed by atoms with van der Waals surface area (Å²) in [6, 6.07) is 20.2. The molecule has 2 aromatic carbocycles. The highest BCUT2D eigenvalue weighted by atomic mass is 16.5. The third-order valence-electron chi connectivity index (χ3n) is 4.81. The summed E-state index contributed by atoms with van der Waals surface area (Å²) in [7, 11) is 0. The number of imidazole rings is 1. The molecule has 0 aliphatic rings. The van der Waals surface area contributed by atoms with E-state index >= 15 is 0 Å². The molecule has 0 fully saturated rings. The Hall–Kier alpha value is -4.13. The number of nitrogens with zero attached hydrogens (tertiary/aromatic N) is 2. The minimum Gasteiger partial charge on any atom is -0.487 e. The quantitative estimate of drug-likeness (QED) is 0.485. The van der Waals surface area contributed by atoms with Gasteiger partial charge in [0.15, 0.2) is 0 Å². The second-order valence-corrected chi connectivity index (χ2v) is 7.06. The van der Waals surface area contributed by atoms with Gasteiger partial charge in [0.05, 0.1) is 11.4 Å². The first-order chi connectivity index (χ1) is 15.1. The van der Waals surface area contributed by atoms with Crippen LogP contribution in [0.4, 0.5) is 0 Å². The molecule has 31 heavy (non-hydrogen) atoms. The zero-order valence-corrected chi connectivity index (χ0v) is 17.0. The average molecular weight is 414 g/mol. The van der Waals surface area contributed by atoms with Gasteiger partial charge < -0.3 is 15.0 Å². The molecule has 2 heterocycles. The standard InChI is InChI=1S/C24H22N4O3/c1-17-14-27-24(30)28(17)21-10-8-19(9-11-21)23(29)26-15-18-5-4-7-22(13-18)31-16-20-6-2-3-12-25-20/h2-14H,15-16H2,1H3,(H,26,29)(H,27,30). The molecule has 0 atom stereocenters. The van der Waals surface area contributed by atoms with Crippen molar-refractivity contribution in [3.05, 3.63) is 112 Å². The molecule has 0 aliphatic heterocycles. The van der Waals surface area contributed by atoms with E-state index in [1.165, 1.54) is 0 Å². The first-order valence-corrected chi connectivity index (χ1v) is 9.87. The Morgan fingerprint density at radius 2 is 1.94 bits per heavy atom. The number of aryl methyl sites for hydroxylation is 1. The van der Waals surface area contributed by atoms with E-state index in [9.17, 15) is 9.59 Å². The molecule has 0 aliphatic carbocycles. The average Bonchev–Trinajstić information content (AvgIpc) is 3.15. The summed E-state index contributed by atoms with van der Waals surface area (Å²) in [6.07, 6.45) is 3.38. The van der Waals surface area contributed by atoms with Gasteiger partial charge in [0.2, 0.25) is 0 Å². The minimum absolute atomic E-state index is 0.190. The Kier molecular flexibility index (Phi) is 5.93. The van der Waals surface area contributed by atoms with E-state index in [1.54, 1.807) is 41.2 Å². The Balaban J connectivity index is 1.36. The summed E-state index contributed by atoms with van der Waals surface area (Å²) in [5.74, 6) is 0.526. The molecule has 7 nitrogen and oxygen atoms in total. The van der Waals surface area contributed by atoms with Crippen molar-refractivity contribution in [2.75, 3.05) is 0 Å². The maximum absolute atomic E-state index is 12.5. The van der Waals surface area contributed by atoms with Gasteiger partial charge in [-0.15, -0.1) is 0 Å². The molecule has 0 bridgehead atoms. The van der Waals surface area contributed by atoms with Crippen molar-refractivity contribution < 1.29 is 9.53 Å². The van der Waals surface area contributed by atoms with Gasteiger partial charge in [0.1, 0.15) is 12.4 Å². The van der Waals surface area contributed by atoms with Crippen molar-refractivity contribution in [3.63, 3.8) is 0 Å². The molecular weight excluding hydrogens is 392 g/mol. The van der Waals surface area contributed by atoms with Crippen molar-refractivity contribution in [2.45, 2.75) is 20.1 Å². The smallest absolute Gasteiger partial charge is 0.330 e. The van der Waals surface area contributed by atoms with E-state index in [0.29, 0.717) is 30.2 Å². The van der Waals surface area contributed by atoms with Crippen molar-refractivity contribution in [1.29, 1.82) is 0 Å². The number of carbonyl (C=O) groups excluding carboxylic acids is 1. The number of rotatable bonds is 7. The highest BCUT2D eigenvalue weighted by Crippen LogP contribution is 2.15. The molecule has 2 N–H and O–H groups in total. The third-order valence-corrected chi connectivity index (χ3v) is 4.81. The van der Waals surface area contributed by atoms with Gasteiger partial charge in [-0.05, 0) is 61.0 Å². The lowest BCUT2D eigenvalue weighted by molar-refractivity contribution is 0.0951. The lowest BCUT2D eigenvalue weighted by atomic mass is 10.1. The highest BCUT2D eigenvalue weighted by molar-refractivity contribution is 5.94. The van der Waals surface area contributed by atoms with Crippen molar-refractivity contribution in [2.24, 2.45) is 0 Å². The van der Waals surface area contributed by atoms with Gasteiger partial charge in [0.25, 0.3) is 5.91 Å². The SMILES string of the molecule is Cc1c[nH]c(=O)n1-c1ccc(C(=O)NCc2cccc(OCc3ccccn3)c2)cc1. The normalized spacial score (nSPS) is 10.6. The zero-order valence-electron chi connectivity index (χ0n) is 17.0. The molecule has 2 aromatic heterocycles. The Labute approximate surface area is 179 Å². The van der Waals surface area contributed by atoms with Gasteiger partial charge in [-0.25, -0.2) is 4.79 Å². The van der Waals surface area contributed by atoms with Crippen molar-refractivity contribution in [3.8, 4) is 11.4 Å². The molecule has 0 unspecified atom stereocenters. The van der Waals surface area contributed by atoms with Crippen LogP contribution >= 0.6 is 0 Å². The van der Waals surface area contributed by atoms with Crippen LogP contribution in [0, 0.1) is 6.92 Å². The summed E-state index contributed by atoms with van der Waals surface area (Å²) in [6.45, 7) is 2.59. The number of benzene rings is 2. The maximum atomic E-state index is 12.5. The molecule has 7 heteroatoms. The second kappa shape index (κ2) is 9.13. The maximum Gasteiger partial charge on any atom is 0.330 e. The Morgan fingerprint density at radius 1 is 1.10 bits per heavy atom. The van der Waals surface area contributed by atoms with Crippen LogP contribution in [-0.4, -0.2) is 20.4 Å². The molecule has 0 saturated carbocycles. The van der Waals surface area contributed by atoms with Gasteiger partial charge in [-0.1, -0.05) is 18.2 Å². The minimum atomic E-state index is -0.208. The molecule has 4 aromatic rings. The first-order valence-electron chi connectivity index (χ1n) is 9.87. The van der Waals surface area contributed by atoms with Crippen molar-refractivity contribution >= 4 is 5.91 Å². The molecule has 0 saturated heterocycles. The fourth-order valence-electron chi connectivity index (χ4n) is 3.21. The number of hydrogen-bond acceptors (Lipinski definition) is 4. The molecule has 0 radical (unpaired) electrons. The number of carbonyl (C=O) groups is 1. The lowest BCUT2D eigenvalue weighted by Gasteiger charge is -2.10. The number of amides is 1. The van der Waals surface area contributed by atoms with Crippen LogP contribution in [0.3, 0.4) is 0 Å². The van der Waals surface area contributed by atoms with E-state index in [1.807, 2.05) is 49.4 Å². The van der Waals surface area contributed by atoms with Crippen LogP contribution in [-0.2, 0) is 13.2 Å². The lowest BCUT2D eigenvalue weighted by Crippen LogP contribution is -2.23. The predicted molar refractivity (Wildman–Crippen MR) is 117 cm³/mol. The third kappa shape index (κ3) is 4.90. The molecule has 1 amide bonds. The van der Waals surface area contributed by atoms with Gasteiger partial charge in [-0.3, -0.25) is 14.3 Å². The Bertz CT molecular complexity index is 1230. The number of ether oxygens (including phenoxy) is 1. The van der Waals surface area contributed by atoms with Crippen LogP contribution in [0.15, 0.2) is 83.9 Å². The fourth-order valence-corrected chi connectivity index (χ4v) is 3.21. The van der Waals surface area contributed by atoms with Crippen LogP contribution in [0.1, 0.15) is 27.3 Å². The fraction of sp³-hybridized carbons (Fsp3) is 0.125. The van der Waals surface area contributed by atoms with Crippen molar-refractivity contribution in [1.82, 2.24) is 19.9 Å². The van der Waals surface area contributed by atoms with Gasteiger partial charge in [-0.2, -0.15) is 0 Å². The van der Waals surface area contributed by atoms with Gasteiger partial charge >= 0.3 is 5.69 Å². The summed E-state index contributed by atoms with van der Waals surface area (Å²) < 4.78 is 7.34. The summed E-state index contributed by atoms with van der Waals surface area (Å²) in [5, 5.41) is 2.91. The molecule has 156 valence electrons. The van der Waals surface area contributed by atoms with Gasteiger partial charge in [0, 0.05) is 30.2 Å². The summed E-state index contributed by atoms with van der Waals surface area (Å²) >= 11 is 0. The first kappa shape index (κ1) is 20.2. The number of H-pyrrole nitrogens is 1. The molecule has 0 spiro atoms. The second-order valence-electron chi connectivity index (χ2n) is 7.06. The van der Waals surface area contributed by atoms with E-state index in [2.05, 4.69) is 15.3 Å².